The minimum Gasteiger partial charge on any atom is -0.464 e. The standard InChI is InChI=1S/C17H21N3O3/c1-10-8-13(10)15-6-4-12(23-15)9-20(11-2-3-11)17(22)14-5-7-16(21)19-18-14/h4,6,10-11,13H,2-3,5,7-9H2,1H3,(H,19,21). The van der Waals surface area contributed by atoms with E-state index in [9.17, 15) is 9.59 Å². The Labute approximate surface area is 134 Å². The molecule has 6 nitrogen and oxygen atoms in total. The summed E-state index contributed by atoms with van der Waals surface area (Å²) in [7, 11) is 0. The summed E-state index contributed by atoms with van der Waals surface area (Å²) in [5, 5.41) is 3.93. The van der Waals surface area contributed by atoms with Crippen molar-refractivity contribution in [1.82, 2.24) is 10.3 Å². The van der Waals surface area contributed by atoms with Crippen LogP contribution in [0.1, 0.15) is 56.5 Å². The van der Waals surface area contributed by atoms with E-state index in [1.807, 2.05) is 17.0 Å². The van der Waals surface area contributed by atoms with Crippen LogP contribution in [-0.4, -0.2) is 28.5 Å². The molecule has 0 saturated heterocycles. The van der Waals surface area contributed by atoms with Crippen molar-refractivity contribution in [2.75, 3.05) is 0 Å². The Balaban J connectivity index is 1.46. The van der Waals surface area contributed by atoms with E-state index >= 15 is 0 Å². The number of nitrogens with zero attached hydrogens (tertiary/aromatic N) is 2. The predicted octanol–water partition coefficient (Wildman–Crippen LogP) is 2.16. The topological polar surface area (TPSA) is 74.9 Å². The monoisotopic (exact) mass is 315 g/mol. The molecular weight excluding hydrogens is 294 g/mol. The number of carbonyl (C=O) groups excluding carboxylic acids is 2. The van der Waals surface area contributed by atoms with E-state index in [1.54, 1.807) is 0 Å². The van der Waals surface area contributed by atoms with E-state index in [4.69, 9.17) is 4.42 Å². The Morgan fingerprint density at radius 3 is 2.78 bits per heavy atom. The lowest BCUT2D eigenvalue weighted by molar-refractivity contribution is -0.126. The van der Waals surface area contributed by atoms with Gasteiger partial charge in [0, 0.05) is 24.8 Å². The fourth-order valence-electron chi connectivity index (χ4n) is 3.11. The van der Waals surface area contributed by atoms with Crippen LogP contribution in [0.4, 0.5) is 0 Å². The van der Waals surface area contributed by atoms with Gasteiger partial charge in [-0.3, -0.25) is 9.59 Å². The van der Waals surface area contributed by atoms with Gasteiger partial charge in [0.25, 0.3) is 5.91 Å². The molecule has 0 spiro atoms. The van der Waals surface area contributed by atoms with Crippen LogP contribution in [0.2, 0.25) is 0 Å². The van der Waals surface area contributed by atoms with Crippen molar-refractivity contribution in [1.29, 1.82) is 0 Å². The highest BCUT2D eigenvalue weighted by Crippen LogP contribution is 2.47. The first-order valence-corrected chi connectivity index (χ1v) is 8.37. The summed E-state index contributed by atoms with van der Waals surface area (Å²) in [5.74, 6) is 2.92. The van der Waals surface area contributed by atoms with Gasteiger partial charge < -0.3 is 9.32 Å². The van der Waals surface area contributed by atoms with Crippen LogP contribution in [-0.2, 0) is 16.1 Å². The zero-order chi connectivity index (χ0) is 16.0. The first-order valence-electron chi connectivity index (χ1n) is 8.37. The number of nitrogens with one attached hydrogen (secondary N) is 1. The average Bonchev–Trinajstić information content (AvgIpc) is 3.46. The number of hydrazone groups is 1. The van der Waals surface area contributed by atoms with Gasteiger partial charge in [-0.05, 0) is 37.3 Å². The smallest absolute Gasteiger partial charge is 0.270 e. The van der Waals surface area contributed by atoms with Gasteiger partial charge in [-0.2, -0.15) is 5.10 Å². The molecular formula is C17H21N3O3. The van der Waals surface area contributed by atoms with Crippen LogP contribution in [0.3, 0.4) is 0 Å². The third-order valence-electron chi connectivity index (χ3n) is 4.88. The third-order valence-corrected chi connectivity index (χ3v) is 4.88. The molecule has 2 aliphatic carbocycles. The molecule has 23 heavy (non-hydrogen) atoms. The lowest BCUT2D eigenvalue weighted by Crippen LogP contribution is -2.41. The molecule has 0 aromatic carbocycles. The van der Waals surface area contributed by atoms with Crippen molar-refractivity contribution in [2.45, 2.75) is 57.5 Å². The number of furan rings is 1. The molecule has 0 radical (unpaired) electrons. The molecule has 3 aliphatic rings. The molecule has 2 saturated carbocycles. The zero-order valence-corrected chi connectivity index (χ0v) is 13.2. The predicted molar refractivity (Wildman–Crippen MR) is 83.6 cm³/mol. The minimum atomic E-state index is -0.131. The Morgan fingerprint density at radius 2 is 2.17 bits per heavy atom. The summed E-state index contributed by atoms with van der Waals surface area (Å²) >= 11 is 0. The number of hydrogen-bond donors (Lipinski definition) is 1. The normalized spacial score (nSPS) is 26.5. The van der Waals surface area contributed by atoms with Gasteiger partial charge in [0.05, 0.1) is 6.54 Å². The molecule has 4 rings (SSSR count). The van der Waals surface area contributed by atoms with Gasteiger partial charge in [0.1, 0.15) is 17.2 Å². The van der Waals surface area contributed by atoms with E-state index in [-0.39, 0.29) is 17.9 Å². The van der Waals surface area contributed by atoms with Crippen molar-refractivity contribution in [3.05, 3.63) is 23.7 Å². The van der Waals surface area contributed by atoms with Crippen LogP contribution < -0.4 is 5.43 Å². The fourth-order valence-corrected chi connectivity index (χ4v) is 3.11. The van der Waals surface area contributed by atoms with Gasteiger partial charge >= 0.3 is 0 Å². The van der Waals surface area contributed by atoms with Crippen molar-refractivity contribution < 1.29 is 14.0 Å². The van der Waals surface area contributed by atoms with Crippen LogP contribution in [0.25, 0.3) is 0 Å². The molecule has 2 heterocycles. The molecule has 1 aromatic rings. The molecule has 1 aliphatic heterocycles. The van der Waals surface area contributed by atoms with E-state index in [2.05, 4.69) is 17.5 Å². The molecule has 1 aromatic heterocycles. The van der Waals surface area contributed by atoms with Gasteiger partial charge in [0.15, 0.2) is 0 Å². The quantitative estimate of drug-likeness (QED) is 0.904. The van der Waals surface area contributed by atoms with Gasteiger partial charge in [0.2, 0.25) is 5.91 Å². The van der Waals surface area contributed by atoms with E-state index in [1.165, 1.54) is 6.42 Å². The van der Waals surface area contributed by atoms with Crippen molar-refractivity contribution in [2.24, 2.45) is 11.0 Å². The van der Waals surface area contributed by atoms with Gasteiger partial charge in [-0.1, -0.05) is 6.92 Å². The Hall–Kier alpha value is -2.11. The minimum absolute atomic E-state index is 0.0785. The fraction of sp³-hybridized carbons (Fsp3) is 0.588. The van der Waals surface area contributed by atoms with E-state index in [0.717, 1.165) is 24.4 Å². The number of carbonyl (C=O) groups is 2. The van der Waals surface area contributed by atoms with Crippen molar-refractivity contribution in [3.63, 3.8) is 0 Å². The molecule has 0 bridgehead atoms. The Morgan fingerprint density at radius 1 is 1.39 bits per heavy atom. The average molecular weight is 315 g/mol. The Kier molecular flexibility index (Phi) is 3.47. The van der Waals surface area contributed by atoms with Crippen molar-refractivity contribution >= 4 is 17.5 Å². The molecule has 2 unspecified atom stereocenters. The maximum atomic E-state index is 12.7. The SMILES string of the molecule is CC1CC1c1ccc(CN(C(=O)C2=NNC(=O)CC2)C2CC2)o1. The second-order valence-corrected chi connectivity index (χ2v) is 6.88. The van der Waals surface area contributed by atoms with Gasteiger partial charge in [-0.15, -0.1) is 0 Å². The molecule has 2 fully saturated rings. The van der Waals surface area contributed by atoms with Crippen LogP contribution in [0.5, 0.6) is 0 Å². The highest BCUT2D eigenvalue weighted by Gasteiger charge is 2.38. The van der Waals surface area contributed by atoms with Crippen molar-refractivity contribution in [3.8, 4) is 0 Å². The van der Waals surface area contributed by atoms with Gasteiger partial charge in [-0.25, -0.2) is 5.43 Å². The molecule has 2 atom stereocenters. The Bertz CT molecular complexity index is 674. The molecule has 122 valence electrons. The second-order valence-electron chi connectivity index (χ2n) is 6.88. The maximum Gasteiger partial charge on any atom is 0.270 e. The van der Waals surface area contributed by atoms with Crippen LogP contribution in [0, 0.1) is 5.92 Å². The summed E-state index contributed by atoms with van der Waals surface area (Å²) in [6.07, 6.45) is 3.98. The summed E-state index contributed by atoms with van der Waals surface area (Å²) < 4.78 is 5.94. The number of hydrogen-bond acceptors (Lipinski definition) is 4. The third kappa shape index (κ3) is 3.02. The second kappa shape index (κ2) is 5.51. The molecule has 6 heteroatoms. The highest BCUT2D eigenvalue weighted by atomic mass is 16.3. The number of amides is 2. The largest absolute Gasteiger partial charge is 0.464 e. The van der Waals surface area contributed by atoms with Crippen LogP contribution >= 0.6 is 0 Å². The summed E-state index contributed by atoms with van der Waals surface area (Å²) in [5.41, 5.74) is 2.84. The lowest BCUT2D eigenvalue weighted by atomic mass is 10.1. The van der Waals surface area contributed by atoms with Crippen LogP contribution in [0.15, 0.2) is 21.7 Å². The first kappa shape index (κ1) is 14.5. The molecule has 2 amide bonds. The molecule has 1 N–H and O–H groups in total. The maximum absolute atomic E-state index is 12.7. The summed E-state index contributed by atoms with van der Waals surface area (Å²) in [6, 6.07) is 4.29. The zero-order valence-electron chi connectivity index (χ0n) is 13.2. The summed E-state index contributed by atoms with van der Waals surface area (Å²) in [4.78, 5) is 25.7. The number of rotatable bonds is 5. The highest BCUT2D eigenvalue weighted by molar-refractivity contribution is 6.39. The van der Waals surface area contributed by atoms with E-state index < -0.39 is 0 Å². The van der Waals surface area contributed by atoms with E-state index in [0.29, 0.717) is 36.9 Å². The summed E-state index contributed by atoms with van der Waals surface area (Å²) in [6.45, 7) is 2.71. The lowest BCUT2D eigenvalue weighted by Gasteiger charge is -2.23. The first-order chi connectivity index (χ1) is 11.1.